The SMILES string of the molecule is Cc1cc(C(N)=O)ccc1NC1CCCC(C(C)C)CC1. The molecule has 3 nitrogen and oxygen atoms in total. The molecule has 2 rings (SSSR count). The minimum Gasteiger partial charge on any atom is -0.382 e. The number of rotatable bonds is 4. The van der Waals surface area contributed by atoms with Gasteiger partial charge in [0, 0.05) is 17.3 Å². The van der Waals surface area contributed by atoms with E-state index in [2.05, 4.69) is 19.2 Å². The summed E-state index contributed by atoms with van der Waals surface area (Å²) in [4.78, 5) is 11.2. The molecule has 1 aliphatic carbocycles. The van der Waals surface area contributed by atoms with Gasteiger partial charge in [-0.05, 0) is 61.8 Å². The van der Waals surface area contributed by atoms with E-state index in [0.29, 0.717) is 11.6 Å². The summed E-state index contributed by atoms with van der Waals surface area (Å²) in [6.45, 7) is 6.71. The molecule has 0 aromatic heterocycles. The number of primary amides is 1. The van der Waals surface area contributed by atoms with Crippen molar-refractivity contribution in [3.8, 4) is 0 Å². The summed E-state index contributed by atoms with van der Waals surface area (Å²) in [5.74, 6) is 1.30. The third kappa shape index (κ3) is 4.23. The lowest BCUT2D eigenvalue weighted by Gasteiger charge is -2.21. The maximum Gasteiger partial charge on any atom is 0.248 e. The van der Waals surface area contributed by atoms with Crippen LogP contribution in [0, 0.1) is 18.8 Å². The van der Waals surface area contributed by atoms with E-state index in [1.54, 1.807) is 0 Å². The number of nitrogens with one attached hydrogen (secondary N) is 1. The molecule has 1 aromatic carbocycles. The third-order valence-corrected chi connectivity index (χ3v) is 4.83. The van der Waals surface area contributed by atoms with Crippen molar-refractivity contribution in [3.63, 3.8) is 0 Å². The van der Waals surface area contributed by atoms with Crippen molar-refractivity contribution in [2.45, 2.75) is 58.9 Å². The maximum absolute atomic E-state index is 11.2. The molecule has 1 aromatic rings. The van der Waals surface area contributed by atoms with Gasteiger partial charge in [-0.25, -0.2) is 0 Å². The van der Waals surface area contributed by atoms with Crippen molar-refractivity contribution >= 4 is 11.6 Å². The van der Waals surface area contributed by atoms with Crippen LogP contribution in [-0.4, -0.2) is 11.9 Å². The van der Waals surface area contributed by atoms with Gasteiger partial charge in [-0.15, -0.1) is 0 Å². The van der Waals surface area contributed by atoms with E-state index < -0.39 is 0 Å². The lowest BCUT2D eigenvalue weighted by atomic mass is 9.89. The molecule has 0 spiro atoms. The Hall–Kier alpha value is -1.51. The van der Waals surface area contributed by atoms with Crippen molar-refractivity contribution in [2.75, 3.05) is 5.32 Å². The number of hydrogen-bond donors (Lipinski definition) is 2. The van der Waals surface area contributed by atoms with E-state index >= 15 is 0 Å². The Labute approximate surface area is 128 Å². The molecule has 1 fully saturated rings. The molecule has 0 heterocycles. The molecule has 1 aliphatic rings. The number of nitrogens with two attached hydrogens (primary N) is 1. The predicted molar refractivity (Wildman–Crippen MR) is 88.5 cm³/mol. The normalized spacial score (nSPS) is 22.9. The number of hydrogen-bond acceptors (Lipinski definition) is 2. The highest BCUT2D eigenvalue weighted by molar-refractivity contribution is 5.93. The van der Waals surface area contributed by atoms with Crippen LogP contribution in [-0.2, 0) is 0 Å². The van der Waals surface area contributed by atoms with Crippen LogP contribution < -0.4 is 11.1 Å². The zero-order valence-electron chi connectivity index (χ0n) is 13.5. The molecule has 0 radical (unpaired) electrons. The van der Waals surface area contributed by atoms with Crippen molar-refractivity contribution < 1.29 is 4.79 Å². The second kappa shape index (κ2) is 6.97. The molecule has 3 N–H and O–H groups in total. The molecule has 116 valence electrons. The van der Waals surface area contributed by atoms with Gasteiger partial charge in [0.05, 0.1) is 0 Å². The Morgan fingerprint density at radius 3 is 2.62 bits per heavy atom. The van der Waals surface area contributed by atoms with E-state index in [4.69, 9.17) is 5.73 Å². The molecule has 21 heavy (non-hydrogen) atoms. The molecule has 1 amide bonds. The first kappa shape index (κ1) is 15.9. The van der Waals surface area contributed by atoms with Crippen LogP contribution in [0.4, 0.5) is 5.69 Å². The van der Waals surface area contributed by atoms with Gasteiger partial charge in [0.25, 0.3) is 0 Å². The molecule has 0 bridgehead atoms. The van der Waals surface area contributed by atoms with E-state index in [1.807, 2.05) is 25.1 Å². The number of aryl methyl sites for hydroxylation is 1. The van der Waals surface area contributed by atoms with Gasteiger partial charge in [-0.1, -0.05) is 26.7 Å². The Kier molecular flexibility index (Phi) is 5.27. The summed E-state index contributed by atoms with van der Waals surface area (Å²) in [6.07, 6.45) is 6.45. The number of amides is 1. The standard InChI is InChI=1S/C18H28N2O/c1-12(2)14-5-4-6-16(9-7-14)20-17-10-8-15(18(19)21)11-13(17)3/h8,10-12,14,16,20H,4-7,9H2,1-3H3,(H2,19,21). The molecule has 2 atom stereocenters. The number of anilines is 1. The smallest absolute Gasteiger partial charge is 0.248 e. The Balaban J connectivity index is 2.00. The highest BCUT2D eigenvalue weighted by atomic mass is 16.1. The molecule has 3 heteroatoms. The summed E-state index contributed by atoms with van der Waals surface area (Å²) in [5, 5.41) is 3.66. The largest absolute Gasteiger partial charge is 0.382 e. The van der Waals surface area contributed by atoms with Crippen molar-refractivity contribution in [1.82, 2.24) is 0 Å². The lowest BCUT2D eigenvalue weighted by molar-refractivity contribution is 0.1000. The minimum atomic E-state index is -0.362. The van der Waals surface area contributed by atoms with E-state index in [9.17, 15) is 4.79 Å². The van der Waals surface area contributed by atoms with Crippen LogP contribution in [0.25, 0.3) is 0 Å². The fourth-order valence-electron chi connectivity index (χ4n) is 3.34. The van der Waals surface area contributed by atoms with E-state index in [-0.39, 0.29) is 5.91 Å². The number of carbonyl (C=O) groups is 1. The van der Waals surface area contributed by atoms with Crippen molar-refractivity contribution in [1.29, 1.82) is 0 Å². The lowest BCUT2D eigenvalue weighted by Crippen LogP contribution is -2.20. The Bertz CT molecular complexity index is 496. The molecular formula is C18H28N2O. The Morgan fingerprint density at radius 1 is 1.24 bits per heavy atom. The zero-order valence-corrected chi connectivity index (χ0v) is 13.5. The predicted octanol–water partition coefficient (Wildman–Crippen LogP) is 4.11. The molecular weight excluding hydrogens is 260 g/mol. The van der Waals surface area contributed by atoms with Crippen LogP contribution in [0.5, 0.6) is 0 Å². The first-order valence-corrected chi connectivity index (χ1v) is 8.14. The summed E-state index contributed by atoms with van der Waals surface area (Å²) in [6, 6.07) is 6.22. The first-order chi connectivity index (χ1) is 9.97. The van der Waals surface area contributed by atoms with Crippen LogP contribution in [0.2, 0.25) is 0 Å². The summed E-state index contributed by atoms with van der Waals surface area (Å²) in [5.41, 5.74) is 8.13. The van der Waals surface area contributed by atoms with Crippen molar-refractivity contribution in [2.24, 2.45) is 17.6 Å². The summed E-state index contributed by atoms with van der Waals surface area (Å²) in [7, 11) is 0. The van der Waals surface area contributed by atoms with Crippen LogP contribution in [0.3, 0.4) is 0 Å². The third-order valence-electron chi connectivity index (χ3n) is 4.83. The summed E-state index contributed by atoms with van der Waals surface area (Å²) >= 11 is 0. The molecule has 2 unspecified atom stereocenters. The monoisotopic (exact) mass is 288 g/mol. The highest BCUT2D eigenvalue weighted by Crippen LogP contribution is 2.30. The highest BCUT2D eigenvalue weighted by Gasteiger charge is 2.21. The molecule has 1 saturated carbocycles. The average Bonchev–Trinajstić information content (AvgIpc) is 2.66. The van der Waals surface area contributed by atoms with Crippen LogP contribution in [0.1, 0.15) is 61.9 Å². The topological polar surface area (TPSA) is 55.1 Å². The van der Waals surface area contributed by atoms with Gasteiger partial charge in [0.15, 0.2) is 0 Å². The number of benzene rings is 1. The second-order valence-electron chi connectivity index (χ2n) is 6.75. The Morgan fingerprint density at radius 2 is 2.00 bits per heavy atom. The average molecular weight is 288 g/mol. The van der Waals surface area contributed by atoms with Gasteiger partial charge in [0.2, 0.25) is 5.91 Å². The fourth-order valence-corrected chi connectivity index (χ4v) is 3.34. The van der Waals surface area contributed by atoms with E-state index in [1.165, 1.54) is 32.1 Å². The fraction of sp³-hybridized carbons (Fsp3) is 0.611. The molecule has 0 saturated heterocycles. The number of carbonyl (C=O) groups excluding carboxylic acids is 1. The van der Waals surface area contributed by atoms with Gasteiger partial charge >= 0.3 is 0 Å². The first-order valence-electron chi connectivity index (χ1n) is 8.14. The van der Waals surface area contributed by atoms with E-state index in [0.717, 1.165) is 23.1 Å². The second-order valence-corrected chi connectivity index (χ2v) is 6.75. The quantitative estimate of drug-likeness (QED) is 0.819. The maximum atomic E-state index is 11.2. The van der Waals surface area contributed by atoms with Crippen molar-refractivity contribution in [3.05, 3.63) is 29.3 Å². The summed E-state index contributed by atoms with van der Waals surface area (Å²) < 4.78 is 0. The van der Waals surface area contributed by atoms with Gasteiger partial charge in [0.1, 0.15) is 0 Å². The van der Waals surface area contributed by atoms with Gasteiger partial charge < -0.3 is 11.1 Å². The van der Waals surface area contributed by atoms with Crippen LogP contribution >= 0.6 is 0 Å². The zero-order chi connectivity index (χ0) is 15.4. The van der Waals surface area contributed by atoms with Gasteiger partial charge in [-0.2, -0.15) is 0 Å². The van der Waals surface area contributed by atoms with Gasteiger partial charge in [-0.3, -0.25) is 4.79 Å². The molecule has 0 aliphatic heterocycles. The minimum absolute atomic E-state index is 0.362. The van der Waals surface area contributed by atoms with Crippen LogP contribution in [0.15, 0.2) is 18.2 Å².